The van der Waals surface area contributed by atoms with E-state index in [1.807, 2.05) is 20.8 Å². The van der Waals surface area contributed by atoms with Crippen molar-refractivity contribution in [1.29, 1.82) is 0 Å². The Kier molecular flexibility index (Phi) is 6.39. The van der Waals surface area contributed by atoms with Crippen molar-refractivity contribution < 1.29 is 23.5 Å². The first-order chi connectivity index (χ1) is 14.0. The molecule has 1 unspecified atom stereocenters. The molecule has 1 aromatic rings. The van der Waals surface area contributed by atoms with E-state index in [1.165, 1.54) is 17.7 Å². The van der Waals surface area contributed by atoms with Crippen molar-refractivity contribution in [3.05, 3.63) is 35.4 Å². The average molecular weight is 423 g/mol. The SMILES string of the molecule is CC(C)(C)[C@@]1(CC2CCCCCC2)C(=O)NC(c2cc(F)cc(F)c2)CN1C(=O)O. The Morgan fingerprint density at radius 1 is 1.13 bits per heavy atom. The van der Waals surface area contributed by atoms with E-state index in [0.29, 0.717) is 6.42 Å². The maximum Gasteiger partial charge on any atom is 0.408 e. The molecule has 30 heavy (non-hydrogen) atoms. The molecule has 1 heterocycles. The van der Waals surface area contributed by atoms with Crippen LogP contribution >= 0.6 is 0 Å². The van der Waals surface area contributed by atoms with E-state index in [2.05, 4.69) is 5.32 Å². The van der Waals surface area contributed by atoms with Gasteiger partial charge in [-0.05, 0) is 35.4 Å². The summed E-state index contributed by atoms with van der Waals surface area (Å²) < 4.78 is 27.5. The molecular weight excluding hydrogens is 390 g/mol. The number of nitrogens with one attached hydrogen (secondary N) is 1. The molecule has 2 atom stereocenters. The second-order valence-electron chi connectivity index (χ2n) is 9.79. The van der Waals surface area contributed by atoms with Gasteiger partial charge in [0.2, 0.25) is 5.91 Å². The topological polar surface area (TPSA) is 69.6 Å². The summed E-state index contributed by atoms with van der Waals surface area (Å²) in [4.78, 5) is 27.2. The zero-order valence-electron chi connectivity index (χ0n) is 18.0. The highest BCUT2D eigenvalue weighted by molar-refractivity contribution is 5.92. The van der Waals surface area contributed by atoms with E-state index in [0.717, 1.165) is 43.9 Å². The van der Waals surface area contributed by atoms with Crippen molar-refractivity contribution >= 4 is 12.0 Å². The van der Waals surface area contributed by atoms with E-state index >= 15 is 0 Å². The van der Waals surface area contributed by atoms with Gasteiger partial charge >= 0.3 is 6.09 Å². The first-order valence-electron chi connectivity index (χ1n) is 10.8. The molecule has 3 rings (SSSR count). The highest BCUT2D eigenvalue weighted by atomic mass is 19.1. The van der Waals surface area contributed by atoms with Crippen molar-refractivity contribution in [2.24, 2.45) is 11.3 Å². The van der Waals surface area contributed by atoms with Crippen LogP contribution < -0.4 is 5.32 Å². The second kappa shape index (κ2) is 8.52. The number of halogens is 2. The zero-order valence-corrected chi connectivity index (χ0v) is 18.0. The summed E-state index contributed by atoms with van der Waals surface area (Å²) in [5, 5.41) is 13.0. The number of carboxylic acid groups (broad SMARTS) is 1. The van der Waals surface area contributed by atoms with Crippen LogP contribution in [0.15, 0.2) is 18.2 Å². The highest BCUT2D eigenvalue weighted by Crippen LogP contribution is 2.46. The Labute approximate surface area is 176 Å². The number of nitrogens with zero attached hydrogens (tertiary/aromatic N) is 1. The Balaban J connectivity index is 1.99. The fraction of sp³-hybridized carbons (Fsp3) is 0.652. The molecule has 2 aliphatic rings. The number of hydrogen-bond donors (Lipinski definition) is 2. The van der Waals surface area contributed by atoms with Gasteiger partial charge in [0.05, 0.1) is 6.04 Å². The summed E-state index contributed by atoms with van der Waals surface area (Å²) in [5.41, 5.74) is -1.67. The van der Waals surface area contributed by atoms with Gasteiger partial charge in [0.15, 0.2) is 0 Å². The lowest BCUT2D eigenvalue weighted by Gasteiger charge is -2.55. The fourth-order valence-electron chi connectivity index (χ4n) is 5.23. The number of carbonyl (C=O) groups is 2. The smallest absolute Gasteiger partial charge is 0.408 e. The van der Waals surface area contributed by atoms with Crippen molar-refractivity contribution in [3.8, 4) is 0 Å². The average Bonchev–Trinajstić information content (AvgIpc) is 2.89. The van der Waals surface area contributed by atoms with E-state index in [1.54, 1.807) is 0 Å². The Morgan fingerprint density at radius 3 is 2.20 bits per heavy atom. The lowest BCUT2D eigenvalue weighted by Crippen LogP contribution is -2.72. The zero-order chi connectivity index (χ0) is 22.1. The molecule has 1 saturated heterocycles. The third kappa shape index (κ3) is 4.30. The first-order valence-corrected chi connectivity index (χ1v) is 10.8. The van der Waals surface area contributed by atoms with E-state index in [9.17, 15) is 23.5 Å². The molecule has 1 aromatic carbocycles. The number of amides is 2. The van der Waals surface area contributed by atoms with Crippen LogP contribution in [-0.4, -0.2) is 34.1 Å². The standard InChI is InChI=1S/C23H32F2N2O3/c1-22(2,3)23(13-15-8-6-4-5-7-9-15)20(28)26-19(14-27(23)21(29)30)16-10-17(24)12-18(25)11-16/h10-12,15,19H,4-9,13-14H2,1-3H3,(H,26,28)(H,29,30)/t19?,23-/m1/s1. The molecule has 0 bridgehead atoms. The molecular formula is C23H32F2N2O3. The van der Waals surface area contributed by atoms with Gasteiger partial charge in [0, 0.05) is 12.6 Å². The Hall–Kier alpha value is -2.18. The van der Waals surface area contributed by atoms with Crippen molar-refractivity contribution in [1.82, 2.24) is 10.2 Å². The largest absolute Gasteiger partial charge is 0.465 e. The molecule has 1 aliphatic carbocycles. The number of piperazine rings is 1. The molecule has 0 aromatic heterocycles. The van der Waals surface area contributed by atoms with Crippen molar-refractivity contribution in [2.75, 3.05) is 6.54 Å². The monoisotopic (exact) mass is 422 g/mol. The van der Waals surface area contributed by atoms with Crippen molar-refractivity contribution in [2.45, 2.75) is 77.3 Å². The minimum absolute atomic E-state index is 0.0477. The predicted octanol–water partition coefficient (Wildman–Crippen LogP) is 5.26. The molecule has 5 nitrogen and oxygen atoms in total. The van der Waals surface area contributed by atoms with Crippen LogP contribution in [0.2, 0.25) is 0 Å². The van der Waals surface area contributed by atoms with Crippen LogP contribution in [0.1, 0.15) is 77.3 Å². The Morgan fingerprint density at radius 2 is 1.70 bits per heavy atom. The van der Waals surface area contributed by atoms with Gasteiger partial charge in [-0.15, -0.1) is 0 Å². The summed E-state index contributed by atoms with van der Waals surface area (Å²) in [6.07, 6.45) is 5.75. The molecule has 166 valence electrons. The molecule has 7 heteroatoms. The highest BCUT2D eigenvalue weighted by Gasteiger charge is 2.58. The molecule has 2 amide bonds. The maximum atomic E-state index is 13.7. The Bertz CT molecular complexity index is 780. The van der Waals surface area contributed by atoms with Crippen LogP contribution in [0.5, 0.6) is 0 Å². The van der Waals surface area contributed by atoms with Gasteiger partial charge in [0.1, 0.15) is 17.2 Å². The van der Waals surface area contributed by atoms with E-state index < -0.39 is 34.7 Å². The summed E-state index contributed by atoms with van der Waals surface area (Å²) >= 11 is 0. The maximum absolute atomic E-state index is 13.7. The molecule has 1 saturated carbocycles. The van der Waals surface area contributed by atoms with Crippen LogP contribution in [0.3, 0.4) is 0 Å². The summed E-state index contributed by atoms with van der Waals surface area (Å²) in [6, 6.07) is 2.24. The molecule has 2 fully saturated rings. The van der Waals surface area contributed by atoms with Gasteiger partial charge in [-0.2, -0.15) is 0 Å². The van der Waals surface area contributed by atoms with Crippen LogP contribution in [-0.2, 0) is 4.79 Å². The van der Waals surface area contributed by atoms with Gasteiger partial charge < -0.3 is 10.4 Å². The normalized spacial score (nSPS) is 26.2. The summed E-state index contributed by atoms with van der Waals surface area (Å²) in [5.74, 6) is -1.63. The number of carbonyl (C=O) groups excluding carboxylic acids is 1. The first kappa shape index (κ1) is 22.5. The lowest BCUT2D eigenvalue weighted by molar-refractivity contribution is -0.149. The molecule has 1 aliphatic heterocycles. The van der Waals surface area contributed by atoms with E-state index in [-0.39, 0.29) is 23.9 Å². The minimum atomic E-state index is -1.24. The number of hydrogen-bond acceptors (Lipinski definition) is 2. The third-order valence-corrected chi connectivity index (χ3v) is 6.82. The second-order valence-corrected chi connectivity index (χ2v) is 9.79. The van der Waals surface area contributed by atoms with Gasteiger partial charge in [-0.25, -0.2) is 13.6 Å². The molecule has 0 radical (unpaired) electrons. The van der Waals surface area contributed by atoms with Crippen LogP contribution in [0.4, 0.5) is 13.6 Å². The fourth-order valence-corrected chi connectivity index (χ4v) is 5.23. The molecule has 0 spiro atoms. The van der Waals surface area contributed by atoms with Gasteiger partial charge in [0.25, 0.3) is 0 Å². The molecule has 2 N–H and O–H groups in total. The number of benzene rings is 1. The van der Waals surface area contributed by atoms with Crippen LogP contribution in [0, 0.1) is 23.0 Å². The summed E-state index contributed by atoms with van der Waals surface area (Å²) in [7, 11) is 0. The number of rotatable bonds is 3. The van der Waals surface area contributed by atoms with Gasteiger partial charge in [-0.1, -0.05) is 59.3 Å². The van der Waals surface area contributed by atoms with Gasteiger partial charge in [-0.3, -0.25) is 9.69 Å². The van der Waals surface area contributed by atoms with Crippen molar-refractivity contribution in [3.63, 3.8) is 0 Å². The van der Waals surface area contributed by atoms with Crippen LogP contribution in [0.25, 0.3) is 0 Å². The predicted molar refractivity (Wildman–Crippen MR) is 110 cm³/mol. The lowest BCUT2D eigenvalue weighted by atomic mass is 9.65. The quantitative estimate of drug-likeness (QED) is 0.653. The van der Waals surface area contributed by atoms with E-state index in [4.69, 9.17) is 0 Å². The minimum Gasteiger partial charge on any atom is -0.465 e. The third-order valence-electron chi connectivity index (χ3n) is 6.82. The summed E-state index contributed by atoms with van der Waals surface area (Å²) in [6.45, 7) is 5.62.